The molecule has 1 heterocycles. The zero-order valence-electron chi connectivity index (χ0n) is 11.0. The summed E-state index contributed by atoms with van der Waals surface area (Å²) in [6, 6.07) is 7.70. The van der Waals surface area contributed by atoms with Crippen molar-refractivity contribution in [2.75, 3.05) is 25.1 Å². The fourth-order valence-corrected chi connectivity index (χ4v) is 2.38. The van der Waals surface area contributed by atoms with E-state index in [1.54, 1.807) is 0 Å². The van der Waals surface area contributed by atoms with E-state index in [0.29, 0.717) is 13.2 Å². The number of hydrogen-bond acceptors (Lipinski definition) is 3. The van der Waals surface area contributed by atoms with Crippen LogP contribution in [0.3, 0.4) is 0 Å². The normalized spacial score (nSPS) is 22.4. The van der Waals surface area contributed by atoms with Crippen LogP contribution in [0, 0.1) is 5.92 Å². The number of hydrogen-bond donors (Lipinski definition) is 2. The Morgan fingerprint density at radius 1 is 1.37 bits per heavy atom. The van der Waals surface area contributed by atoms with Crippen LogP contribution in [0.25, 0.3) is 0 Å². The topological polar surface area (TPSA) is 50.4 Å². The molecule has 1 amide bonds. The molecule has 1 fully saturated rings. The molecule has 0 aliphatic carbocycles. The largest absolute Gasteiger partial charge is 0.379 e. The summed E-state index contributed by atoms with van der Waals surface area (Å²) in [7, 11) is 0. The molecule has 19 heavy (non-hydrogen) atoms. The summed E-state index contributed by atoms with van der Waals surface area (Å²) in [5.41, 5.74) is 0.814. The van der Waals surface area contributed by atoms with Crippen LogP contribution in [-0.2, 0) is 9.53 Å². The Morgan fingerprint density at radius 3 is 2.79 bits per heavy atom. The van der Waals surface area contributed by atoms with E-state index in [0.717, 1.165) is 23.1 Å². The molecule has 5 heteroatoms. The SMILES string of the molecule is CCCNC1COCC1C(=O)Nc1ccc(Br)cc1. The Kier molecular flexibility index (Phi) is 5.36. The van der Waals surface area contributed by atoms with Crippen molar-refractivity contribution in [3.63, 3.8) is 0 Å². The highest BCUT2D eigenvalue weighted by Crippen LogP contribution is 2.18. The molecule has 0 saturated carbocycles. The maximum atomic E-state index is 12.2. The quantitative estimate of drug-likeness (QED) is 0.873. The molecule has 1 aromatic carbocycles. The van der Waals surface area contributed by atoms with Crippen LogP contribution in [0.1, 0.15) is 13.3 Å². The predicted octanol–water partition coefficient (Wildman–Crippen LogP) is 2.40. The van der Waals surface area contributed by atoms with Crippen molar-refractivity contribution in [2.24, 2.45) is 5.92 Å². The van der Waals surface area contributed by atoms with E-state index in [1.165, 1.54) is 0 Å². The van der Waals surface area contributed by atoms with Crippen LogP contribution in [0.4, 0.5) is 5.69 Å². The van der Waals surface area contributed by atoms with E-state index < -0.39 is 0 Å². The maximum Gasteiger partial charge on any atom is 0.231 e. The Morgan fingerprint density at radius 2 is 2.11 bits per heavy atom. The van der Waals surface area contributed by atoms with Crippen LogP contribution in [0.2, 0.25) is 0 Å². The first-order chi connectivity index (χ1) is 9.20. The number of nitrogens with one attached hydrogen (secondary N) is 2. The van der Waals surface area contributed by atoms with Gasteiger partial charge in [-0.3, -0.25) is 4.79 Å². The lowest BCUT2D eigenvalue weighted by Gasteiger charge is -2.18. The molecule has 0 spiro atoms. The fraction of sp³-hybridized carbons (Fsp3) is 0.500. The zero-order valence-corrected chi connectivity index (χ0v) is 12.6. The van der Waals surface area contributed by atoms with Crippen molar-refractivity contribution in [1.82, 2.24) is 5.32 Å². The molecule has 0 aromatic heterocycles. The Balaban J connectivity index is 1.93. The highest BCUT2D eigenvalue weighted by molar-refractivity contribution is 9.10. The van der Waals surface area contributed by atoms with Crippen LogP contribution in [0.15, 0.2) is 28.7 Å². The van der Waals surface area contributed by atoms with Gasteiger partial charge in [0.2, 0.25) is 5.91 Å². The lowest BCUT2D eigenvalue weighted by atomic mass is 10.0. The summed E-state index contributed by atoms with van der Waals surface area (Å²) in [6.07, 6.45) is 1.05. The minimum atomic E-state index is -0.116. The monoisotopic (exact) mass is 326 g/mol. The van der Waals surface area contributed by atoms with Crippen molar-refractivity contribution < 1.29 is 9.53 Å². The van der Waals surface area contributed by atoms with Gasteiger partial charge in [0.15, 0.2) is 0 Å². The number of ether oxygens (including phenoxy) is 1. The highest BCUT2D eigenvalue weighted by Gasteiger charge is 2.33. The average molecular weight is 327 g/mol. The van der Waals surface area contributed by atoms with Gasteiger partial charge in [-0.05, 0) is 37.2 Å². The van der Waals surface area contributed by atoms with Gasteiger partial charge in [-0.25, -0.2) is 0 Å². The lowest BCUT2D eigenvalue weighted by Crippen LogP contribution is -2.41. The second-order valence-corrected chi connectivity index (χ2v) is 5.62. The van der Waals surface area contributed by atoms with Crippen molar-refractivity contribution >= 4 is 27.5 Å². The zero-order chi connectivity index (χ0) is 13.7. The molecule has 0 bridgehead atoms. The van der Waals surface area contributed by atoms with E-state index in [1.807, 2.05) is 24.3 Å². The average Bonchev–Trinajstić information content (AvgIpc) is 2.87. The third-order valence-electron chi connectivity index (χ3n) is 3.19. The molecule has 2 unspecified atom stereocenters. The molecule has 1 aliphatic heterocycles. The summed E-state index contributed by atoms with van der Waals surface area (Å²) in [4.78, 5) is 12.2. The molecule has 2 atom stereocenters. The summed E-state index contributed by atoms with van der Waals surface area (Å²) in [5.74, 6) is -0.0939. The third-order valence-corrected chi connectivity index (χ3v) is 3.71. The molecule has 2 rings (SSSR count). The van der Waals surface area contributed by atoms with Gasteiger partial charge in [-0.2, -0.15) is 0 Å². The smallest absolute Gasteiger partial charge is 0.231 e. The first-order valence-electron chi connectivity index (χ1n) is 6.58. The predicted molar refractivity (Wildman–Crippen MR) is 79.2 cm³/mol. The van der Waals surface area contributed by atoms with Gasteiger partial charge in [0.25, 0.3) is 0 Å². The Labute approximate surface area is 122 Å². The van der Waals surface area contributed by atoms with E-state index in [9.17, 15) is 4.79 Å². The summed E-state index contributed by atoms with van der Waals surface area (Å²) in [6.45, 7) is 4.12. The summed E-state index contributed by atoms with van der Waals surface area (Å²) >= 11 is 3.37. The van der Waals surface area contributed by atoms with E-state index in [-0.39, 0.29) is 17.9 Å². The molecule has 104 valence electrons. The van der Waals surface area contributed by atoms with Gasteiger partial charge in [-0.15, -0.1) is 0 Å². The first-order valence-corrected chi connectivity index (χ1v) is 7.37. The minimum Gasteiger partial charge on any atom is -0.379 e. The van der Waals surface area contributed by atoms with Gasteiger partial charge in [0.1, 0.15) is 0 Å². The van der Waals surface area contributed by atoms with Crippen molar-refractivity contribution in [3.8, 4) is 0 Å². The van der Waals surface area contributed by atoms with Gasteiger partial charge < -0.3 is 15.4 Å². The molecular weight excluding hydrogens is 308 g/mol. The van der Waals surface area contributed by atoms with Crippen LogP contribution in [0.5, 0.6) is 0 Å². The number of amides is 1. The number of carbonyl (C=O) groups is 1. The number of benzene rings is 1. The van der Waals surface area contributed by atoms with E-state index in [2.05, 4.69) is 33.5 Å². The van der Waals surface area contributed by atoms with Gasteiger partial charge in [0.05, 0.1) is 19.1 Å². The number of rotatable bonds is 5. The van der Waals surface area contributed by atoms with Crippen molar-refractivity contribution in [1.29, 1.82) is 0 Å². The molecule has 4 nitrogen and oxygen atoms in total. The highest BCUT2D eigenvalue weighted by atomic mass is 79.9. The number of halogens is 1. The maximum absolute atomic E-state index is 12.2. The third kappa shape index (κ3) is 4.03. The van der Waals surface area contributed by atoms with Gasteiger partial charge in [-0.1, -0.05) is 22.9 Å². The van der Waals surface area contributed by atoms with Crippen molar-refractivity contribution in [3.05, 3.63) is 28.7 Å². The fourth-order valence-electron chi connectivity index (χ4n) is 2.11. The molecule has 1 saturated heterocycles. The van der Waals surface area contributed by atoms with Crippen LogP contribution < -0.4 is 10.6 Å². The second kappa shape index (κ2) is 7.03. The van der Waals surface area contributed by atoms with Gasteiger partial charge in [0, 0.05) is 16.2 Å². The minimum absolute atomic E-state index is 0.0217. The summed E-state index contributed by atoms with van der Waals surface area (Å²) in [5, 5.41) is 6.30. The Bertz CT molecular complexity index is 422. The number of carbonyl (C=O) groups excluding carboxylic acids is 1. The van der Waals surface area contributed by atoms with Crippen molar-refractivity contribution in [2.45, 2.75) is 19.4 Å². The van der Waals surface area contributed by atoms with Gasteiger partial charge >= 0.3 is 0 Å². The molecule has 1 aliphatic rings. The number of anilines is 1. The molecule has 1 aromatic rings. The molecular formula is C14H19BrN2O2. The second-order valence-electron chi connectivity index (χ2n) is 4.70. The standard InChI is InChI=1S/C14H19BrN2O2/c1-2-7-16-13-9-19-8-12(13)14(18)17-11-5-3-10(15)4-6-11/h3-6,12-13,16H,2,7-9H2,1H3,(H,17,18). The summed E-state index contributed by atoms with van der Waals surface area (Å²) < 4.78 is 6.41. The van der Waals surface area contributed by atoms with Crippen LogP contribution >= 0.6 is 15.9 Å². The molecule has 0 radical (unpaired) electrons. The first kappa shape index (κ1) is 14.5. The van der Waals surface area contributed by atoms with Crippen LogP contribution in [-0.4, -0.2) is 31.7 Å². The molecule has 2 N–H and O–H groups in total. The Hall–Kier alpha value is -0.910. The van der Waals surface area contributed by atoms with E-state index in [4.69, 9.17) is 4.74 Å². The lowest BCUT2D eigenvalue weighted by molar-refractivity contribution is -0.120. The van der Waals surface area contributed by atoms with E-state index >= 15 is 0 Å².